The molecule has 0 N–H and O–H groups in total. The van der Waals surface area contributed by atoms with Crippen LogP contribution in [-0.4, -0.2) is 35.8 Å². The van der Waals surface area contributed by atoms with E-state index in [1.807, 2.05) is 0 Å². The fourth-order valence-electron chi connectivity index (χ4n) is 2.81. The largest absolute Gasteiger partial charge is 0.380 e. The van der Waals surface area contributed by atoms with E-state index in [-0.39, 0.29) is 0 Å². The molecule has 3 rings (SSSR count). The number of ether oxygens (including phenoxy) is 1. The van der Waals surface area contributed by atoms with Crippen LogP contribution < -0.4 is 0 Å². The number of fused-ring (bicyclic) bond motifs is 3. The first kappa shape index (κ1) is 11.8. The van der Waals surface area contributed by atoms with E-state index in [0.717, 1.165) is 26.2 Å². The average Bonchev–Trinajstić information content (AvgIpc) is 2.76. The molecule has 2 heterocycles. The van der Waals surface area contributed by atoms with Gasteiger partial charge in [-0.05, 0) is 24.4 Å². The molecular formula is C15H20N2O. The van der Waals surface area contributed by atoms with E-state index < -0.39 is 0 Å². The summed E-state index contributed by atoms with van der Waals surface area (Å²) in [5, 5.41) is 1.36. The Hall–Kier alpha value is -1.32. The van der Waals surface area contributed by atoms with Gasteiger partial charge in [0.2, 0.25) is 0 Å². The molecule has 0 fully saturated rings. The normalized spacial score (nSPS) is 17.9. The number of rotatable bonds is 3. The van der Waals surface area contributed by atoms with Crippen LogP contribution in [0.4, 0.5) is 0 Å². The van der Waals surface area contributed by atoms with Gasteiger partial charge < -0.3 is 9.30 Å². The summed E-state index contributed by atoms with van der Waals surface area (Å²) in [7, 11) is 1.78. The first-order valence-electron chi connectivity index (χ1n) is 6.60. The van der Waals surface area contributed by atoms with E-state index in [9.17, 15) is 0 Å². The van der Waals surface area contributed by atoms with Crippen LogP contribution in [0.25, 0.3) is 10.9 Å². The Labute approximate surface area is 108 Å². The molecule has 1 aliphatic heterocycles. The zero-order valence-electron chi connectivity index (χ0n) is 11.1. The Morgan fingerprint density at radius 3 is 2.94 bits per heavy atom. The fraction of sp³-hybridized carbons (Fsp3) is 0.467. The van der Waals surface area contributed by atoms with Crippen molar-refractivity contribution in [3.8, 4) is 0 Å². The molecule has 0 aliphatic carbocycles. The Morgan fingerprint density at radius 2 is 2.11 bits per heavy atom. The first-order valence-corrected chi connectivity index (χ1v) is 6.60. The van der Waals surface area contributed by atoms with Crippen LogP contribution >= 0.6 is 0 Å². The standard InChI is InChI=1S/C15H20N2O/c1-12(18-2)10-16-7-8-17-14(11-16)9-13-5-3-4-6-15(13)17/h3-6,9,12H,7-8,10-11H2,1-2H3. The monoisotopic (exact) mass is 244 g/mol. The van der Waals surface area contributed by atoms with Crippen LogP contribution in [0.1, 0.15) is 12.6 Å². The minimum absolute atomic E-state index is 0.306. The van der Waals surface area contributed by atoms with Gasteiger partial charge in [0.05, 0.1) is 6.10 Å². The Bertz CT molecular complexity index is 546. The summed E-state index contributed by atoms with van der Waals surface area (Å²) < 4.78 is 7.80. The van der Waals surface area contributed by atoms with Gasteiger partial charge in [-0.1, -0.05) is 18.2 Å². The first-order chi connectivity index (χ1) is 8.78. The molecule has 0 spiro atoms. The molecule has 1 aliphatic rings. The molecule has 0 saturated heterocycles. The van der Waals surface area contributed by atoms with Crippen LogP contribution in [0, 0.1) is 0 Å². The molecule has 2 aromatic rings. The number of methoxy groups -OCH3 is 1. The summed E-state index contributed by atoms with van der Waals surface area (Å²) in [4.78, 5) is 2.47. The maximum Gasteiger partial charge on any atom is 0.0670 e. The van der Waals surface area contributed by atoms with E-state index in [1.165, 1.54) is 16.6 Å². The Balaban J connectivity index is 1.85. The van der Waals surface area contributed by atoms with E-state index >= 15 is 0 Å². The number of hydrogen-bond acceptors (Lipinski definition) is 2. The molecule has 3 heteroatoms. The number of nitrogens with zero attached hydrogens (tertiary/aromatic N) is 2. The van der Waals surface area contributed by atoms with Gasteiger partial charge in [0.15, 0.2) is 0 Å². The Morgan fingerprint density at radius 1 is 1.28 bits per heavy atom. The molecule has 0 amide bonds. The Kier molecular flexibility index (Phi) is 3.10. The third kappa shape index (κ3) is 2.04. The van der Waals surface area contributed by atoms with E-state index in [0.29, 0.717) is 6.10 Å². The van der Waals surface area contributed by atoms with Crippen molar-refractivity contribution in [3.05, 3.63) is 36.0 Å². The summed E-state index contributed by atoms with van der Waals surface area (Å²) >= 11 is 0. The highest BCUT2D eigenvalue weighted by Gasteiger charge is 2.19. The molecule has 3 nitrogen and oxygen atoms in total. The lowest BCUT2D eigenvalue weighted by molar-refractivity contribution is 0.0675. The molecule has 1 aromatic carbocycles. The summed E-state index contributed by atoms with van der Waals surface area (Å²) in [6.45, 7) is 6.36. The van der Waals surface area contributed by atoms with Crippen LogP contribution in [0.15, 0.2) is 30.3 Å². The maximum atomic E-state index is 5.35. The number of hydrogen-bond donors (Lipinski definition) is 0. The van der Waals surface area contributed by atoms with Gasteiger partial charge in [-0.2, -0.15) is 0 Å². The maximum absolute atomic E-state index is 5.35. The zero-order chi connectivity index (χ0) is 12.5. The molecule has 1 aromatic heterocycles. The minimum atomic E-state index is 0.306. The van der Waals surface area contributed by atoms with Crippen LogP contribution in [0.3, 0.4) is 0 Å². The van der Waals surface area contributed by atoms with Gasteiger partial charge in [-0.15, -0.1) is 0 Å². The summed E-state index contributed by atoms with van der Waals surface area (Å²) in [6, 6.07) is 11.0. The van der Waals surface area contributed by atoms with Crippen LogP contribution in [0.2, 0.25) is 0 Å². The third-order valence-electron chi connectivity index (χ3n) is 3.84. The van der Waals surface area contributed by atoms with E-state index in [1.54, 1.807) is 7.11 Å². The highest BCUT2D eigenvalue weighted by atomic mass is 16.5. The van der Waals surface area contributed by atoms with E-state index in [4.69, 9.17) is 4.74 Å². The summed E-state index contributed by atoms with van der Waals surface area (Å²) in [5.74, 6) is 0. The van der Waals surface area contributed by atoms with Gasteiger partial charge in [0.25, 0.3) is 0 Å². The molecule has 96 valence electrons. The second kappa shape index (κ2) is 4.75. The molecule has 18 heavy (non-hydrogen) atoms. The molecule has 0 bridgehead atoms. The number of benzene rings is 1. The quantitative estimate of drug-likeness (QED) is 0.825. The third-order valence-corrected chi connectivity index (χ3v) is 3.84. The second-order valence-electron chi connectivity index (χ2n) is 5.13. The average molecular weight is 244 g/mol. The van der Waals surface area contributed by atoms with Crippen molar-refractivity contribution in [1.82, 2.24) is 9.47 Å². The molecule has 0 radical (unpaired) electrons. The number of para-hydroxylation sites is 1. The van der Waals surface area contributed by atoms with Gasteiger partial charge in [0, 0.05) is 44.5 Å². The summed E-state index contributed by atoms with van der Waals surface area (Å²) in [5.41, 5.74) is 2.79. The molecule has 1 unspecified atom stereocenters. The van der Waals surface area contributed by atoms with Crippen LogP contribution in [-0.2, 0) is 17.8 Å². The van der Waals surface area contributed by atoms with Gasteiger partial charge in [-0.3, -0.25) is 4.90 Å². The summed E-state index contributed by atoms with van der Waals surface area (Å²) in [6.07, 6.45) is 0.306. The van der Waals surface area contributed by atoms with Gasteiger partial charge in [0.1, 0.15) is 0 Å². The van der Waals surface area contributed by atoms with Crippen molar-refractivity contribution in [2.45, 2.75) is 26.1 Å². The highest BCUT2D eigenvalue weighted by molar-refractivity contribution is 5.81. The lowest BCUT2D eigenvalue weighted by Gasteiger charge is -2.30. The van der Waals surface area contributed by atoms with E-state index in [2.05, 4.69) is 46.7 Å². The SMILES string of the molecule is COC(C)CN1CCn2c(cc3ccccc32)C1. The fourth-order valence-corrected chi connectivity index (χ4v) is 2.81. The topological polar surface area (TPSA) is 17.4 Å². The van der Waals surface area contributed by atoms with Gasteiger partial charge >= 0.3 is 0 Å². The minimum Gasteiger partial charge on any atom is -0.380 e. The van der Waals surface area contributed by atoms with Crippen molar-refractivity contribution < 1.29 is 4.74 Å². The molecule has 0 saturated carbocycles. The number of aromatic nitrogens is 1. The van der Waals surface area contributed by atoms with Crippen molar-refractivity contribution in [1.29, 1.82) is 0 Å². The van der Waals surface area contributed by atoms with Crippen molar-refractivity contribution in [3.63, 3.8) is 0 Å². The van der Waals surface area contributed by atoms with Crippen LogP contribution in [0.5, 0.6) is 0 Å². The van der Waals surface area contributed by atoms with Crippen molar-refractivity contribution in [2.24, 2.45) is 0 Å². The zero-order valence-corrected chi connectivity index (χ0v) is 11.1. The smallest absolute Gasteiger partial charge is 0.0670 e. The highest BCUT2D eigenvalue weighted by Crippen LogP contribution is 2.23. The predicted molar refractivity (Wildman–Crippen MR) is 73.7 cm³/mol. The second-order valence-corrected chi connectivity index (χ2v) is 5.13. The lowest BCUT2D eigenvalue weighted by atomic mass is 10.2. The van der Waals surface area contributed by atoms with Gasteiger partial charge in [-0.25, -0.2) is 0 Å². The predicted octanol–water partition coefficient (Wildman–Crippen LogP) is 2.49. The lowest BCUT2D eigenvalue weighted by Crippen LogP contribution is -2.38. The van der Waals surface area contributed by atoms with Crippen molar-refractivity contribution >= 4 is 10.9 Å². The molecule has 1 atom stereocenters. The van der Waals surface area contributed by atoms with Crippen molar-refractivity contribution in [2.75, 3.05) is 20.2 Å². The molecular weight excluding hydrogens is 224 g/mol.